The summed E-state index contributed by atoms with van der Waals surface area (Å²) in [6, 6.07) is 15.7. The van der Waals surface area contributed by atoms with Crippen LogP contribution in [0.5, 0.6) is 0 Å². The highest BCUT2D eigenvalue weighted by Gasteiger charge is 2.27. The van der Waals surface area contributed by atoms with Gasteiger partial charge in [0.25, 0.3) is 5.91 Å². The number of fused-ring (bicyclic) bond motifs is 1. The van der Waals surface area contributed by atoms with Crippen LogP contribution < -0.4 is 10.6 Å². The number of nitrogens with one attached hydrogen (secondary N) is 2. The van der Waals surface area contributed by atoms with Gasteiger partial charge in [-0.15, -0.1) is 0 Å². The van der Waals surface area contributed by atoms with Crippen LogP contribution in [0.4, 0.5) is 4.79 Å². The molecule has 0 spiro atoms. The number of carboxylic acids is 1. The number of carbonyl (C=O) groups excluding carboxylic acids is 2. The van der Waals surface area contributed by atoms with Crippen LogP contribution in [0.15, 0.2) is 48.5 Å². The van der Waals surface area contributed by atoms with Crippen molar-refractivity contribution in [1.82, 2.24) is 15.2 Å². The average molecular weight is 517 g/mol. The van der Waals surface area contributed by atoms with E-state index in [4.69, 9.17) is 4.74 Å². The summed E-state index contributed by atoms with van der Waals surface area (Å²) in [7, 11) is 0. The van der Waals surface area contributed by atoms with E-state index in [0.29, 0.717) is 24.1 Å². The number of carboxylic acid groups (broad SMARTS) is 1. The van der Waals surface area contributed by atoms with E-state index in [-0.39, 0.29) is 30.1 Å². The van der Waals surface area contributed by atoms with E-state index in [1.807, 2.05) is 37.5 Å². The zero-order valence-electron chi connectivity index (χ0n) is 21.8. The van der Waals surface area contributed by atoms with Gasteiger partial charge in [-0.05, 0) is 82.3 Å². The van der Waals surface area contributed by atoms with Gasteiger partial charge >= 0.3 is 12.1 Å². The molecule has 0 unspecified atom stereocenters. The Morgan fingerprint density at radius 2 is 1.71 bits per heavy atom. The standard InChI is InChI=1S/C29H32N4O5/c1-29(2,3)38-28(37)32-23-11-9-22(10-12-23)31-26(34)25-15-20-8-7-18(16-30)14-24(20)33(25)17-19-5-4-6-21(13-19)27(35)36/h4-8,13-15,22-23H,9-12,17H2,1-3H3,(H,31,34)(H,32,37)(H,35,36). The Labute approximate surface area is 221 Å². The molecular weight excluding hydrogens is 484 g/mol. The van der Waals surface area contributed by atoms with Crippen molar-refractivity contribution in [2.24, 2.45) is 0 Å². The first kappa shape index (κ1) is 26.7. The monoisotopic (exact) mass is 516 g/mol. The molecule has 0 atom stereocenters. The molecular formula is C29H32N4O5. The second-order valence-corrected chi connectivity index (χ2v) is 10.7. The topological polar surface area (TPSA) is 133 Å². The Kier molecular flexibility index (Phi) is 7.72. The van der Waals surface area contributed by atoms with E-state index in [0.717, 1.165) is 29.3 Å². The number of hydrogen-bond acceptors (Lipinski definition) is 5. The molecule has 38 heavy (non-hydrogen) atoms. The molecule has 0 radical (unpaired) electrons. The smallest absolute Gasteiger partial charge is 0.407 e. The van der Waals surface area contributed by atoms with Gasteiger partial charge in [-0.1, -0.05) is 18.2 Å². The Bertz CT molecular complexity index is 1400. The lowest BCUT2D eigenvalue weighted by molar-refractivity contribution is 0.0487. The minimum atomic E-state index is -1.02. The molecule has 1 aliphatic carbocycles. The number of aromatic carboxylic acids is 1. The second kappa shape index (κ2) is 11.0. The third-order valence-corrected chi connectivity index (χ3v) is 6.56. The van der Waals surface area contributed by atoms with E-state index in [1.54, 1.807) is 30.3 Å². The van der Waals surface area contributed by atoms with Gasteiger partial charge in [0.2, 0.25) is 0 Å². The Balaban J connectivity index is 1.50. The van der Waals surface area contributed by atoms with Gasteiger partial charge in [-0.2, -0.15) is 5.26 Å². The van der Waals surface area contributed by atoms with E-state index in [2.05, 4.69) is 16.7 Å². The van der Waals surface area contributed by atoms with Gasteiger partial charge in [0.1, 0.15) is 11.3 Å². The van der Waals surface area contributed by atoms with E-state index >= 15 is 0 Å². The molecule has 3 aromatic rings. The minimum absolute atomic E-state index is 0.00429. The Morgan fingerprint density at radius 3 is 2.34 bits per heavy atom. The molecule has 2 amide bonds. The van der Waals surface area contributed by atoms with Crippen LogP contribution in [0.1, 0.15) is 78.4 Å². The number of nitriles is 1. The maximum absolute atomic E-state index is 13.5. The van der Waals surface area contributed by atoms with E-state index < -0.39 is 17.7 Å². The normalized spacial score (nSPS) is 17.4. The highest BCUT2D eigenvalue weighted by atomic mass is 16.6. The highest BCUT2D eigenvalue weighted by Crippen LogP contribution is 2.25. The number of alkyl carbamates (subject to hydrolysis) is 1. The maximum Gasteiger partial charge on any atom is 0.407 e. The SMILES string of the molecule is CC(C)(C)OC(=O)NC1CCC(NC(=O)c2cc3ccc(C#N)cc3n2Cc2cccc(C(=O)O)c2)CC1. The quantitative estimate of drug-likeness (QED) is 0.430. The Hall–Kier alpha value is -4.32. The number of aromatic nitrogens is 1. The fraction of sp³-hybridized carbons (Fsp3) is 0.379. The van der Waals surface area contributed by atoms with Crippen LogP contribution in [0.2, 0.25) is 0 Å². The summed E-state index contributed by atoms with van der Waals surface area (Å²) in [5.74, 6) is -1.26. The number of rotatable bonds is 6. The molecule has 9 nitrogen and oxygen atoms in total. The first-order valence-electron chi connectivity index (χ1n) is 12.7. The summed E-state index contributed by atoms with van der Waals surface area (Å²) in [5, 5.41) is 25.6. The molecule has 1 aromatic heterocycles. The average Bonchev–Trinajstić information content (AvgIpc) is 3.21. The molecule has 1 saturated carbocycles. The second-order valence-electron chi connectivity index (χ2n) is 10.7. The van der Waals surface area contributed by atoms with Crippen LogP contribution >= 0.6 is 0 Å². The molecule has 0 saturated heterocycles. The van der Waals surface area contributed by atoms with Gasteiger partial charge in [0, 0.05) is 24.0 Å². The number of ether oxygens (including phenoxy) is 1. The number of hydrogen-bond donors (Lipinski definition) is 3. The van der Waals surface area contributed by atoms with Crippen LogP contribution in [-0.2, 0) is 11.3 Å². The van der Waals surface area contributed by atoms with Crippen molar-refractivity contribution in [3.05, 3.63) is 70.9 Å². The van der Waals surface area contributed by atoms with Crippen LogP contribution in [0.3, 0.4) is 0 Å². The lowest BCUT2D eigenvalue weighted by Gasteiger charge is -2.30. The molecule has 1 aliphatic rings. The number of nitrogens with zero attached hydrogens (tertiary/aromatic N) is 2. The lowest BCUT2D eigenvalue weighted by Crippen LogP contribution is -2.45. The summed E-state index contributed by atoms with van der Waals surface area (Å²) in [6.07, 6.45) is 2.44. The van der Waals surface area contributed by atoms with Crippen molar-refractivity contribution in [2.45, 2.75) is 70.7 Å². The van der Waals surface area contributed by atoms with Crippen LogP contribution in [0, 0.1) is 11.3 Å². The molecule has 0 bridgehead atoms. The predicted octanol–water partition coefficient (Wildman–Crippen LogP) is 4.83. The fourth-order valence-electron chi connectivity index (χ4n) is 4.78. The molecule has 1 heterocycles. The Morgan fingerprint density at radius 1 is 1.03 bits per heavy atom. The summed E-state index contributed by atoms with van der Waals surface area (Å²) >= 11 is 0. The molecule has 3 N–H and O–H groups in total. The first-order valence-corrected chi connectivity index (χ1v) is 12.7. The number of carbonyl (C=O) groups is 3. The van der Waals surface area contributed by atoms with Gasteiger partial charge < -0.3 is 25.0 Å². The largest absolute Gasteiger partial charge is 0.478 e. The zero-order chi connectivity index (χ0) is 27.4. The van der Waals surface area contributed by atoms with Gasteiger partial charge in [0.15, 0.2) is 0 Å². The third-order valence-electron chi connectivity index (χ3n) is 6.56. The summed E-state index contributed by atoms with van der Waals surface area (Å²) in [4.78, 5) is 37.0. The summed E-state index contributed by atoms with van der Waals surface area (Å²) in [6.45, 7) is 5.74. The lowest BCUT2D eigenvalue weighted by atomic mass is 9.91. The molecule has 9 heteroatoms. The van der Waals surface area contributed by atoms with Crippen molar-refractivity contribution >= 4 is 28.9 Å². The number of benzene rings is 2. The van der Waals surface area contributed by atoms with Crippen LogP contribution in [0.25, 0.3) is 10.9 Å². The van der Waals surface area contributed by atoms with E-state index in [1.165, 1.54) is 6.07 Å². The maximum atomic E-state index is 13.5. The van der Waals surface area contributed by atoms with Crippen molar-refractivity contribution in [3.63, 3.8) is 0 Å². The number of amides is 2. The summed E-state index contributed by atoms with van der Waals surface area (Å²) in [5.41, 5.74) is 1.97. The van der Waals surface area contributed by atoms with Crippen molar-refractivity contribution in [3.8, 4) is 6.07 Å². The predicted molar refractivity (Wildman–Crippen MR) is 142 cm³/mol. The summed E-state index contributed by atoms with van der Waals surface area (Å²) < 4.78 is 7.16. The van der Waals surface area contributed by atoms with Crippen molar-refractivity contribution < 1.29 is 24.2 Å². The van der Waals surface area contributed by atoms with Crippen molar-refractivity contribution in [2.75, 3.05) is 0 Å². The molecule has 2 aromatic carbocycles. The molecule has 4 rings (SSSR count). The zero-order valence-corrected chi connectivity index (χ0v) is 21.8. The minimum Gasteiger partial charge on any atom is -0.478 e. The highest BCUT2D eigenvalue weighted by molar-refractivity contribution is 5.99. The van der Waals surface area contributed by atoms with Gasteiger partial charge in [-0.25, -0.2) is 9.59 Å². The van der Waals surface area contributed by atoms with E-state index in [9.17, 15) is 24.8 Å². The molecule has 0 aliphatic heterocycles. The molecule has 1 fully saturated rings. The first-order chi connectivity index (χ1) is 18.0. The third kappa shape index (κ3) is 6.51. The van der Waals surface area contributed by atoms with Gasteiger partial charge in [-0.3, -0.25) is 4.79 Å². The van der Waals surface area contributed by atoms with Crippen molar-refractivity contribution in [1.29, 1.82) is 5.26 Å². The van der Waals surface area contributed by atoms with Gasteiger partial charge in [0.05, 0.1) is 22.7 Å². The molecule has 198 valence electrons. The fourth-order valence-corrected chi connectivity index (χ4v) is 4.78. The van der Waals surface area contributed by atoms with Crippen LogP contribution in [-0.4, -0.2) is 45.3 Å².